The van der Waals surface area contributed by atoms with E-state index < -0.39 is 28.5 Å². The predicted octanol–water partition coefficient (Wildman–Crippen LogP) is 4.32. The van der Waals surface area contributed by atoms with E-state index in [4.69, 9.17) is 14.2 Å². The van der Waals surface area contributed by atoms with Crippen molar-refractivity contribution in [3.63, 3.8) is 0 Å². The molecule has 0 bridgehead atoms. The molecule has 0 spiro atoms. The number of fused-ring (bicyclic) bond motifs is 1. The summed E-state index contributed by atoms with van der Waals surface area (Å²) in [6.07, 6.45) is 6.32. The van der Waals surface area contributed by atoms with E-state index >= 15 is 0 Å². The molecule has 1 N–H and O–H groups in total. The van der Waals surface area contributed by atoms with Crippen molar-refractivity contribution in [2.24, 2.45) is 0 Å². The Morgan fingerprint density at radius 2 is 1.62 bits per heavy atom. The molecule has 1 heterocycles. The van der Waals surface area contributed by atoms with Crippen LogP contribution < -0.4 is 23.8 Å². The van der Waals surface area contributed by atoms with E-state index in [0.29, 0.717) is 30.5 Å². The number of hydrogen-bond donors (Lipinski definition) is 1. The Morgan fingerprint density at radius 3 is 2.33 bits per heavy atom. The van der Waals surface area contributed by atoms with Crippen LogP contribution in [0.4, 0.5) is 5.69 Å². The number of sulfonamides is 1. The van der Waals surface area contributed by atoms with E-state index in [9.17, 15) is 18.0 Å². The second-order valence-corrected chi connectivity index (χ2v) is 13.4. The van der Waals surface area contributed by atoms with Gasteiger partial charge in [-0.2, -0.15) is 0 Å². The number of hydrogen-bond acceptors (Lipinski definition) is 7. The van der Waals surface area contributed by atoms with E-state index in [1.165, 1.54) is 4.90 Å². The fraction of sp³-hybridized carbons (Fsp3) is 0.412. The molecule has 1 saturated carbocycles. The van der Waals surface area contributed by atoms with E-state index in [1.54, 1.807) is 31.4 Å². The van der Waals surface area contributed by atoms with Crippen molar-refractivity contribution in [1.29, 1.82) is 0 Å². The van der Waals surface area contributed by atoms with Crippen LogP contribution in [0.3, 0.4) is 0 Å². The van der Waals surface area contributed by atoms with Crippen molar-refractivity contribution in [1.82, 2.24) is 10.2 Å². The summed E-state index contributed by atoms with van der Waals surface area (Å²) < 4.78 is 44.0. The lowest BCUT2D eigenvalue weighted by molar-refractivity contribution is -0.140. The SMILES string of the molecule is COc1cccc(CN(C(=O)CN(c2ccc3c(c2)OCCO3)S(C)(=O)=O)[C@H](Cc2ccccc2)C(=O)NC2CCCCC2)c1. The third-order valence-corrected chi connectivity index (χ3v) is 9.34. The summed E-state index contributed by atoms with van der Waals surface area (Å²) in [6.45, 7) is 0.292. The van der Waals surface area contributed by atoms with Gasteiger partial charge in [-0.25, -0.2) is 8.42 Å². The maximum atomic E-state index is 14.4. The molecule has 1 aliphatic carbocycles. The summed E-state index contributed by atoms with van der Waals surface area (Å²) >= 11 is 0. The lowest BCUT2D eigenvalue weighted by Gasteiger charge is -2.35. The average Bonchev–Trinajstić information content (AvgIpc) is 3.05. The lowest BCUT2D eigenvalue weighted by Crippen LogP contribution is -2.55. The molecule has 2 aliphatic rings. The standard InChI is InChI=1S/C34H41N3O7S/c1-42-29-15-9-12-26(20-29)23-36(30(21-25-10-5-3-6-11-25)34(39)35-27-13-7-4-8-14-27)33(38)24-37(45(2,40)41)28-16-17-31-32(22-28)44-19-18-43-31/h3,5-6,9-12,15-17,20,22,27,30H,4,7-8,13-14,18-19,21,23-24H2,1-2H3,(H,35,39)/t30-/m1/s1. The Hall–Kier alpha value is -4.25. The molecule has 11 heteroatoms. The van der Waals surface area contributed by atoms with Crippen LogP contribution >= 0.6 is 0 Å². The molecule has 10 nitrogen and oxygen atoms in total. The number of methoxy groups -OCH3 is 1. The highest BCUT2D eigenvalue weighted by Gasteiger charge is 2.34. The molecular weight excluding hydrogens is 594 g/mol. The number of carbonyl (C=O) groups excluding carboxylic acids is 2. The van der Waals surface area contributed by atoms with Crippen LogP contribution in [-0.4, -0.2) is 70.3 Å². The van der Waals surface area contributed by atoms with E-state index in [-0.39, 0.29) is 30.6 Å². The van der Waals surface area contributed by atoms with Crippen molar-refractivity contribution in [3.05, 3.63) is 83.9 Å². The molecule has 0 aromatic heterocycles. The zero-order chi connectivity index (χ0) is 31.8. The maximum Gasteiger partial charge on any atom is 0.244 e. The summed E-state index contributed by atoms with van der Waals surface area (Å²) in [5.41, 5.74) is 1.90. The molecule has 3 aromatic rings. The van der Waals surface area contributed by atoms with Crippen LogP contribution in [0, 0.1) is 0 Å². The second kappa shape index (κ2) is 14.7. The number of nitrogens with zero attached hydrogens (tertiary/aromatic N) is 2. The number of rotatable bonds is 12. The lowest BCUT2D eigenvalue weighted by atomic mass is 9.94. The van der Waals surface area contributed by atoms with Gasteiger partial charge in [-0.05, 0) is 48.2 Å². The second-order valence-electron chi connectivity index (χ2n) is 11.5. The first-order valence-electron chi connectivity index (χ1n) is 15.4. The number of ether oxygens (including phenoxy) is 3. The molecular formula is C34H41N3O7S. The fourth-order valence-electron chi connectivity index (χ4n) is 5.87. The van der Waals surface area contributed by atoms with Gasteiger partial charge < -0.3 is 24.4 Å². The molecule has 1 atom stereocenters. The van der Waals surface area contributed by atoms with Gasteiger partial charge in [0.1, 0.15) is 31.5 Å². The summed E-state index contributed by atoms with van der Waals surface area (Å²) in [5.74, 6) is 0.749. The number of carbonyl (C=O) groups is 2. The molecule has 3 aromatic carbocycles. The number of nitrogens with one attached hydrogen (secondary N) is 1. The minimum atomic E-state index is -3.92. The van der Waals surface area contributed by atoms with Crippen molar-refractivity contribution in [2.45, 2.75) is 57.2 Å². The first-order chi connectivity index (χ1) is 21.7. The molecule has 1 aliphatic heterocycles. The van der Waals surface area contributed by atoms with E-state index in [1.807, 2.05) is 48.5 Å². The van der Waals surface area contributed by atoms with Gasteiger partial charge in [-0.1, -0.05) is 61.7 Å². The Kier molecular flexibility index (Phi) is 10.5. The summed E-state index contributed by atoms with van der Waals surface area (Å²) in [5, 5.41) is 3.21. The van der Waals surface area contributed by atoms with Gasteiger partial charge in [-0.3, -0.25) is 13.9 Å². The summed E-state index contributed by atoms with van der Waals surface area (Å²) in [6, 6.07) is 20.8. The quantitative estimate of drug-likeness (QED) is 0.315. The highest BCUT2D eigenvalue weighted by atomic mass is 32.2. The van der Waals surface area contributed by atoms with Gasteiger partial charge in [-0.15, -0.1) is 0 Å². The van der Waals surface area contributed by atoms with Crippen molar-refractivity contribution < 1.29 is 32.2 Å². The average molecular weight is 636 g/mol. The largest absolute Gasteiger partial charge is 0.497 e. The molecule has 0 radical (unpaired) electrons. The molecule has 1 fully saturated rings. The summed E-state index contributed by atoms with van der Waals surface area (Å²) in [4.78, 5) is 30.0. The minimum absolute atomic E-state index is 0.0310. The molecule has 0 saturated heterocycles. The van der Waals surface area contributed by atoms with E-state index in [0.717, 1.165) is 53.8 Å². The van der Waals surface area contributed by atoms with Gasteiger partial charge in [0.05, 0.1) is 19.1 Å². The molecule has 45 heavy (non-hydrogen) atoms. The van der Waals surface area contributed by atoms with Crippen LogP contribution in [0.1, 0.15) is 43.2 Å². The van der Waals surface area contributed by atoms with Gasteiger partial charge in [0, 0.05) is 25.1 Å². The predicted molar refractivity (Wildman–Crippen MR) is 172 cm³/mol. The third-order valence-electron chi connectivity index (χ3n) is 8.20. The number of benzene rings is 3. The van der Waals surface area contributed by atoms with Crippen LogP contribution in [0.15, 0.2) is 72.8 Å². The highest BCUT2D eigenvalue weighted by Crippen LogP contribution is 2.35. The van der Waals surface area contributed by atoms with E-state index in [2.05, 4.69) is 5.32 Å². The zero-order valence-electron chi connectivity index (χ0n) is 25.8. The molecule has 0 unspecified atom stereocenters. The number of anilines is 1. The van der Waals surface area contributed by atoms with Crippen LogP contribution in [0.2, 0.25) is 0 Å². The monoisotopic (exact) mass is 635 g/mol. The molecule has 5 rings (SSSR count). The number of amides is 2. The van der Waals surface area contributed by atoms with Gasteiger partial charge in [0.25, 0.3) is 0 Å². The van der Waals surface area contributed by atoms with Crippen LogP contribution in [0.25, 0.3) is 0 Å². The van der Waals surface area contributed by atoms with Gasteiger partial charge in [0.2, 0.25) is 21.8 Å². The Bertz CT molecular complexity index is 1580. The summed E-state index contributed by atoms with van der Waals surface area (Å²) in [7, 11) is -2.35. The Morgan fingerprint density at radius 1 is 0.911 bits per heavy atom. The highest BCUT2D eigenvalue weighted by molar-refractivity contribution is 7.92. The van der Waals surface area contributed by atoms with Gasteiger partial charge in [0.15, 0.2) is 11.5 Å². The first-order valence-corrected chi connectivity index (χ1v) is 17.2. The zero-order valence-corrected chi connectivity index (χ0v) is 26.6. The van der Waals surface area contributed by atoms with Crippen LogP contribution in [-0.2, 0) is 32.6 Å². The Labute approximate surface area is 265 Å². The third kappa shape index (κ3) is 8.48. The van der Waals surface area contributed by atoms with Crippen molar-refractivity contribution >= 4 is 27.5 Å². The topological polar surface area (TPSA) is 114 Å². The maximum absolute atomic E-state index is 14.4. The fourth-order valence-corrected chi connectivity index (χ4v) is 6.71. The molecule has 2 amide bonds. The van der Waals surface area contributed by atoms with Crippen molar-refractivity contribution in [3.8, 4) is 17.2 Å². The smallest absolute Gasteiger partial charge is 0.244 e. The van der Waals surface area contributed by atoms with Gasteiger partial charge >= 0.3 is 0 Å². The minimum Gasteiger partial charge on any atom is -0.497 e. The molecule has 240 valence electrons. The normalized spacial score (nSPS) is 15.5. The van der Waals surface area contributed by atoms with Crippen LogP contribution in [0.5, 0.6) is 17.2 Å². The first kappa shape index (κ1) is 32.2. The Balaban J connectivity index is 1.51. The van der Waals surface area contributed by atoms with Crippen molar-refractivity contribution in [2.75, 3.05) is 37.4 Å².